The molecule has 0 aliphatic carbocycles. The molecular formula is C20H19N7O3. The van der Waals surface area contributed by atoms with E-state index in [1.165, 1.54) is 12.7 Å². The SMILES string of the molecule is O=C(/C=C/c1ccc2c(c1)OCO2)N1CCN(c2cc(-n3cncn3)ncn2)CC1. The number of aromatic nitrogens is 5. The van der Waals surface area contributed by atoms with Gasteiger partial charge >= 0.3 is 0 Å². The summed E-state index contributed by atoms with van der Waals surface area (Å²) in [5, 5.41) is 4.09. The fraction of sp³-hybridized carbons (Fsp3) is 0.250. The molecule has 1 amide bonds. The summed E-state index contributed by atoms with van der Waals surface area (Å²) in [4.78, 5) is 29.1. The van der Waals surface area contributed by atoms with Gasteiger partial charge in [-0.3, -0.25) is 4.79 Å². The summed E-state index contributed by atoms with van der Waals surface area (Å²) in [6, 6.07) is 7.48. The number of ether oxygens (including phenoxy) is 2. The van der Waals surface area contributed by atoms with Crippen molar-refractivity contribution in [1.29, 1.82) is 0 Å². The summed E-state index contributed by atoms with van der Waals surface area (Å²) in [5.74, 6) is 2.87. The van der Waals surface area contributed by atoms with Crippen molar-refractivity contribution in [2.45, 2.75) is 0 Å². The first kappa shape index (κ1) is 18.1. The van der Waals surface area contributed by atoms with Gasteiger partial charge < -0.3 is 19.3 Å². The average molecular weight is 405 g/mol. The number of piperazine rings is 1. The first-order chi connectivity index (χ1) is 14.8. The minimum atomic E-state index is -0.0155. The Hall–Kier alpha value is -3.95. The Morgan fingerprint density at radius 3 is 2.63 bits per heavy atom. The highest BCUT2D eigenvalue weighted by Gasteiger charge is 2.21. The molecule has 0 spiro atoms. The van der Waals surface area contributed by atoms with E-state index in [1.54, 1.807) is 23.2 Å². The van der Waals surface area contributed by atoms with E-state index in [0.717, 1.165) is 17.1 Å². The van der Waals surface area contributed by atoms with Crippen molar-refractivity contribution in [2.75, 3.05) is 37.9 Å². The number of hydrogen-bond acceptors (Lipinski definition) is 8. The molecule has 3 aromatic rings. The molecule has 5 rings (SSSR count). The summed E-state index contributed by atoms with van der Waals surface area (Å²) in [6.07, 6.45) is 7.96. The van der Waals surface area contributed by atoms with Crippen LogP contribution in [0.5, 0.6) is 11.5 Å². The van der Waals surface area contributed by atoms with Crippen LogP contribution in [0.25, 0.3) is 11.9 Å². The Bertz CT molecular complexity index is 1080. The van der Waals surface area contributed by atoms with Gasteiger partial charge in [0.2, 0.25) is 12.7 Å². The second kappa shape index (κ2) is 7.82. The van der Waals surface area contributed by atoms with Crippen molar-refractivity contribution in [3.8, 4) is 17.3 Å². The van der Waals surface area contributed by atoms with E-state index in [0.29, 0.717) is 37.7 Å². The second-order valence-corrected chi connectivity index (χ2v) is 6.83. The molecule has 1 aromatic carbocycles. The van der Waals surface area contributed by atoms with Crippen LogP contribution in [0.2, 0.25) is 0 Å². The minimum Gasteiger partial charge on any atom is -0.454 e. The molecule has 10 heteroatoms. The molecule has 0 saturated carbocycles. The number of nitrogens with zero attached hydrogens (tertiary/aromatic N) is 7. The van der Waals surface area contributed by atoms with Gasteiger partial charge in [0.25, 0.3) is 0 Å². The third kappa shape index (κ3) is 3.66. The third-order valence-electron chi connectivity index (χ3n) is 5.02. The number of benzene rings is 1. The summed E-state index contributed by atoms with van der Waals surface area (Å²) in [5.41, 5.74) is 0.896. The normalized spacial score (nSPS) is 15.7. The molecule has 1 saturated heterocycles. The van der Waals surface area contributed by atoms with Crippen LogP contribution >= 0.6 is 0 Å². The number of rotatable bonds is 4. The van der Waals surface area contributed by atoms with E-state index < -0.39 is 0 Å². The van der Waals surface area contributed by atoms with Crippen LogP contribution in [0.3, 0.4) is 0 Å². The maximum atomic E-state index is 12.6. The molecule has 0 unspecified atom stereocenters. The molecule has 0 N–H and O–H groups in total. The number of carbonyl (C=O) groups is 1. The average Bonchev–Trinajstić information content (AvgIpc) is 3.49. The summed E-state index contributed by atoms with van der Waals surface area (Å²) in [7, 11) is 0. The summed E-state index contributed by atoms with van der Waals surface area (Å²) in [6.45, 7) is 2.85. The second-order valence-electron chi connectivity index (χ2n) is 6.83. The first-order valence-corrected chi connectivity index (χ1v) is 9.55. The minimum absolute atomic E-state index is 0.0155. The predicted molar refractivity (Wildman–Crippen MR) is 107 cm³/mol. The zero-order valence-electron chi connectivity index (χ0n) is 16.1. The van der Waals surface area contributed by atoms with Gasteiger partial charge in [0.05, 0.1) is 0 Å². The molecule has 1 fully saturated rings. The number of anilines is 1. The van der Waals surface area contributed by atoms with Crippen LogP contribution in [-0.4, -0.2) is 68.5 Å². The van der Waals surface area contributed by atoms with Crippen molar-refractivity contribution in [3.05, 3.63) is 54.9 Å². The van der Waals surface area contributed by atoms with Gasteiger partial charge in [-0.1, -0.05) is 6.07 Å². The van der Waals surface area contributed by atoms with Crippen LogP contribution in [0.1, 0.15) is 5.56 Å². The van der Waals surface area contributed by atoms with E-state index in [-0.39, 0.29) is 12.7 Å². The lowest BCUT2D eigenvalue weighted by atomic mass is 10.2. The molecule has 2 aliphatic heterocycles. The Labute approximate surface area is 172 Å². The van der Waals surface area contributed by atoms with Gasteiger partial charge in [0, 0.05) is 38.3 Å². The lowest BCUT2D eigenvalue weighted by molar-refractivity contribution is -0.126. The van der Waals surface area contributed by atoms with Gasteiger partial charge in [-0.25, -0.2) is 19.6 Å². The van der Waals surface area contributed by atoms with Gasteiger partial charge in [-0.2, -0.15) is 5.10 Å². The van der Waals surface area contributed by atoms with Gasteiger partial charge in [-0.05, 0) is 23.8 Å². The van der Waals surface area contributed by atoms with Crippen molar-refractivity contribution in [2.24, 2.45) is 0 Å². The number of hydrogen-bond donors (Lipinski definition) is 0. The van der Waals surface area contributed by atoms with E-state index in [1.807, 2.05) is 29.2 Å². The maximum Gasteiger partial charge on any atom is 0.246 e. The fourth-order valence-corrected chi connectivity index (χ4v) is 3.41. The highest BCUT2D eigenvalue weighted by molar-refractivity contribution is 5.92. The zero-order chi connectivity index (χ0) is 20.3. The standard InChI is InChI=1S/C20H19N7O3/c28-20(4-2-15-1-3-16-17(9-15)30-14-29-16)26-7-5-25(6-8-26)18-10-19(23-12-22-18)27-13-21-11-24-27/h1-4,9-13H,5-8,14H2/b4-2+. The molecule has 0 bridgehead atoms. The van der Waals surface area contributed by atoms with Gasteiger partial charge in [0.15, 0.2) is 17.3 Å². The van der Waals surface area contributed by atoms with E-state index in [4.69, 9.17) is 9.47 Å². The number of amides is 1. The Morgan fingerprint density at radius 2 is 1.80 bits per heavy atom. The Kier molecular flexibility index (Phi) is 4.72. The van der Waals surface area contributed by atoms with Crippen molar-refractivity contribution in [3.63, 3.8) is 0 Å². The van der Waals surface area contributed by atoms with Gasteiger partial charge in [0.1, 0.15) is 24.8 Å². The van der Waals surface area contributed by atoms with Crippen molar-refractivity contribution in [1.82, 2.24) is 29.6 Å². The van der Waals surface area contributed by atoms with E-state index >= 15 is 0 Å². The van der Waals surface area contributed by atoms with Crippen LogP contribution in [0, 0.1) is 0 Å². The molecule has 30 heavy (non-hydrogen) atoms. The summed E-state index contributed by atoms with van der Waals surface area (Å²) >= 11 is 0. The smallest absolute Gasteiger partial charge is 0.246 e. The molecule has 0 radical (unpaired) electrons. The Morgan fingerprint density at radius 1 is 0.967 bits per heavy atom. The molecule has 10 nitrogen and oxygen atoms in total. The molecule has 2 aliphatic rings. The van der Waals surface area contributed by atoms with Crippen LogP contribution in [0.15, 0.2) is 49.3 Å². The van der Waals surface area contributed by atoms with Crippen LogP contribution in [0.4, 0.5) is 5.82 Å². The Balaban J connectivity index is 1.20. The van der Waals surface area contributed by atoms with Crippen molar-refractivity contribution >= 4 is 17.8 Å². The predicted octanol–water partition coefficient (Wildman–Crippen LogP) is 1.15. The maximum absolute atomic E-state index is 12.6. The van der Waals surface area contributed by atoms with Crippen LogP contribution < -0.4 is 14.4 Å². The lowest BCUT2D eigenvalue weighted by Gasteiger charge is -2.34. The van der Waals surface area contributed by atoms with E-state index in [9.17, 15) is 4.79 Å². The monoisotopic (exact) mass is 405 g/mol. The molecule has 0 atom stereocenters. The molecule has 2 aromatic heterocycles. The number of fused-ring (bicyclic) bond motifs is 1. The first-order valence-electron chi connectivity index (χ1n) is 9.55. The number of carbonyl (C=O) groups excluding carboxylic acids is 1. The molecule has 4 heterocycles. The largest absolute Gasteiger partial charge is 0.454 e. The quantitative estimate of drug-likeness (QED) is 0.596. The van der Waals surface area contributed by atoms with Gasteiger partial charge in [-0.15, -0.1) is 0 Å². The fourth-order valence-electron chi connectivity index (χ4n) is 3.41. The zero-order valence-corrected chi connectivity index (χ0v) is 16.1. The molecular weight excluding hydrogens is 386 g/mol. The third-order valence-corrected chi connectivity index (χ3v) is 5.02. The van der Waals surface area contributed by atoms with Crippen molar-refractivity contribution < 1.29 is 14.3 Å². The highest BCUT2D eigenvalue weighted by atomic mass is 16.7. The topological polar surface area (TPSA) is 98.5 Å². The van der Waals surface area contributed by atoms with Crippen LogP contribution in [-0.2, 0) is 4.79 Å². The van der Waals surface area contributed by atoms with E-state index in [2.05, 4.69) is 25.0 Å². The lowest BCUT2D eigenvalue weighted by Crippen LogP contribution is -2.48. The molecule has 152 valence electrons. The highest BCUT2D eigenvalue weighted by Crippen LogP contribution is 2.32. The summed E-state index contributed by atoms with van der Waals surface area (Å²) < 4.78 is 12.3.